The molecule has 8 nitrogen and oxygen atoms in total. The Morgan fingerprint density at radius 1 is 0.871 bits per heavy atom. The molecule has 31 heavy (non-hydrogen) atoms. The number of phenols is 1. The van der Waals surface area contributed by atoms with Crippen molar-refractivity contribution >= 4 is 27.5 Å². The molecule has 0 spiro atoms. The topological polar surface area (TPSA) is 125 Å². The number of amides is 2. The Morgan fingerprint density at radius 3 is 2.13 bits per heavy atom. The number of benzene rings is 3. The van der Waals surface area contributed by atoms with Crippen LogP contribution in [0.4, 0.5) is 10.1 Å². The maximum Gasteiger partial charge on any atom is 0.273 e. The zero-order valence-electron chi connectivity index (χ0n) is 16.2. The van der Waals surface area contributed by atoms with Gasteiger partial charge in [0.25, 0.3) is 21.8 Å². The van der Waals surface area contributed by atoms with Crippen LogP contribution in [-0.2, 0) is 10.0 Å². The van der Waals surface area contributed by atoms with Crippen LogP contribution in [0.3, 0.4) is 0 Å². The fourth-order valence-corrected chi connectivity index (χ4v) is 3.74. The maximum absolute atomic E-state index is 13.0. The predicted molar refractivity (Wildman–Crippen MR) is 111 cm³/mol. The van der Waals surface area contributed by atoms with E-state index in [4.69, 9.17) is 0 Å². The number of aryl methyl sites for hydroxylation is 1. The van der Waals surface area contributed by atoms with Gasteiger partial charge in [-0.3, -0.25) is 25.2 Å². The molecule has 0 aliphatic carbocycles. The monoisotopic (exact) mass is 443 g/mol. The average Bonchev–Trinajstić information content (AvgIpc) is 2.73. The highest BCUT2D eigenvalue weighted by atomic mass is 32.2. The van der Waals surface area contributed by atoms with Crippen molar-refractivity contribution in [3.63, 3.8) is 0 Å². The first-order valence-electron chi connectivity index (χ1n) is 8.95. The Balaban J connectivity index is 1.77. The third kappa shape index (κ3) is 5.17. The molecule has 3 aromatic carbocycles. The van der Waals surface area contributed by atoms with Gasteiger partial charge in [0, 0.05) is 11.3 Å². The van der Waals surface area contributed by atoms with E-state index in [0.717, 1.165) is 18.2 Å². The van der Waals surface area contributed by atoms with Gasteiger partial charge in [-0.1, -0.05) is 18.2 Å². The van der Waals surface area contributed by atoms with E-state index in [-0.39, 0.29) is 27.5 Å². The van der Waals surface area contributed by atoms with Gasteiger partial charge in [-0.15, -0.1) is 0 Å². The lowest BCUT2D eigenvalue weighted by atomic mass is 10.1. The van der Waals surface area contributed by atoms with Crippen molar-refractivity contribution in [1.82, 2.24) is 10.9 Å². The summed E-state index contributed by atoms with van der Waals surface area (Å²) in [6, 6.07) is 14.5. The van der Waals surface area contributed by atoms with Gasteiger partial charge in [-0.25, -0.2) is 12.8 Å². The van der Waals surface area contributed by atoms with Crippen LogP contribution in [0.15, 0.2) is 71.6 Å². The summed E-state index contributed by atoms with van der Waals surface area (Å²) in [6.07, 6.45) is 0. The minimum Gasteiger partial charge on any atom is -0.507 e. The van der Waals surface area contributed by atoms with E-state index in [1.165, 1.54) is 36.4 Å². The summed E-state index contributed by atoms with van der Waals surface area (Å²) in [7, 11) is -4.05. The van der Waals surface area contributed by atoms with Crippen LogP contribution in [0.1, 0.15) is 26.3 Å². The lowest BCUT2D eigenvalue weighted by Gasteiger charge is -2.12. The number of para-hydroxylation sites is 1. The Labute approximate surface area is 177 Å². The van der Waals surface area contributed by atoms with E-state index in [2.05, 4.69) is 15.6 Å². The van der Waals surface area contributed by atoms with E-state index >= 15 is 0 Å². The maximum atomic E-state index is 13.0. The Bertz CT molecular complexity index is 1240. The number of hydrogen-bond acceptors (Lipinski definition) is 5. The van der Waals surface area contributed by atoms with Crippen molar-refractivity contribution in [2.24, 2.45) is 0 Å². The SMILES string of the molecule is Cc1ccc(S(=O)(=O)Nc2ccc(F)cc2)cc1C(=O)NNC(=O)c1ccccc1O. The summed E-state index contributed by atoms with van der Waals surface area (Å²) < 4.78 is 40.6. The number of carbonyl (C=O) groups is 2. The number of anilines is 1. The lowest BCUT2D eigenvalue weighted by Crippen LogP contribution is -2.42. The molecule has 3 aromatic rings. The molecule has 0 unspecified atom stereocenters. The van der Waals surface area contributed by atoms with Crippen LogP contribution in [0.5, 0.6) is 5.75 Å². The molecule has 0 atom stereocenters. The molecule has 0 heterocycles. The van der Waals surface area contributed by atoms with Crippen LogP contribution in [0.2, 0.25) is 0 Å². The third-order valence-corrected chi connectivity index (χ3v) is 5.68. The zero-order valence-corrected chi connectivity index (χ0v) is 17.0. The van der Waals surface area contributed by atoms with E-state index in [1.807, 2.05) is 0 Å². The van der Waals surface area contributed by atoms with Crippen LogP contribution >= 0.6 is 0 Å². The van der Waals surface area contributed by atoms with Crippen molar-refractivity contribution in [2.75, 3.05) is 4.72 Å². The fraction of sp³-hybridized carbons (Fsp3) is 0.0476. The Hall–Kier alpha value is -3.92. The summed E-state index contributed by atoms with van der Waals surface area (Å²) in [6.45, 7) is 1.60. The normalized spacial score (nSPS) is 10.9. The number of hydrogen-bond donors (Lipinski definition) is 4. The molecule has 3 rings (SSSR count). The van der Waals surface area contributed by atoms with Crippen LogP contribution in [0.25, 0.3) is 0 Å². The second-order valence-corrected chi connectivity index (χ2v) is 8.20. The number of hydrazine groups is 1. The van der Waals surface area contributed by atoms with Gasteiger partial charge < -0.3 is 5.11 Å². The Morgan fingerprint density at radius 2 is 1.48 bits per heavy atom. The molecular weight excluding hydrogens is 425 g/mol. The van der Waals surface area contributed by atoms with E-state index < -0.39 is 27.7 Å². The second-order valence-electron chi connectivity index (χ2n) is 6.51. The van der Waals surface area contributed by atoms with Gasteiger partial charge in [0.05, 0.1) is 10.5 Å². The van der Waals surface area contributed by atoms with E-state index in [9.17, 15) is 27.5 Å². The number of nitrogens with one attached hydrogen (secondary N) is 3. The van der Waals surface area contributed by atoms with E-state index in [1.54, 1.807) is 19.1 Å². The number of sulfonamides is 1. The molecule has 0 saturated heterocycles. The number of rotatable bonds is 5. The number of phenolic OH excluding ortho intramolecular Hbond substituents is 1. The summed E-state index contributed by atoms with van der Waals surface area (Å²) in [4.78, 5) is 24.4. The highest BCUT2D eigenvalue weighted by Crippen LogP contribution is 2.20. The van der Waals surface area contributed by atoms with Crippen molar-refractivity contribution < 1.29 is 27.5 Å². The van der Waals surface area contributed by atoms with Gasteiger partial charge in [0.2, 0.25) is 0 Å². The molecule has 0 bridgehead atoms. The predicted octanol–water partition coefficient (Wildman–Crippen LogP) is 2.72. The summed E-state index contributed by atoms with van der Waals surface area (Å²) >= 11 is 0. The van der Waals surface area contributed by atoms with Gasteiger partial charge in [0.1, 0.15) is 11.6 Å². The zero-order chi connectivity index (χ0) is 22.6. The van der Waals surface area contributed by atoms with Gasteiger partial charge in [-0.2, -0.15) is 0 Å². The molecule has 0 aromatic heterocycles. The van der Waals surface area contributed by atoms with E-state index in [0.29, 0.717) is 5.56 Å². The number of aromatic hydroxyl groups is 1. The molecular formula is C21H18FN3O5S. The molecule has 0 fully saturated rings. The first-order valence-corrected chi connectivity index (χ1v) is 10.4. The molecule has 0 aliphatic heterocycles. The van der Waals surface area contributed by atoms with Crippen molar-refractivity contribution in [2.45, 2.75) is 11.8 Å². The fourth-order valence-electron chi connectivity index (χ4n) is 2.66. The highest BCUT2D eigenvalue weighted by molar-refractivity contribution is 7.92. The highest BCUT2D eigenvalue weighted by Gasteiger charge is 2.19. The van der Waals surface area contributed by atoms with Gasteiger partial charge in [-0.05, 0) is 61.0 Å². The first-order chi connectivity index (χ1) is 14.7. The first kappa shape index (κ1) is 21.8. The van der Waals surface area contributed by atoms with Crippen molar-refractivity contribution in [3.05, 3.63) is 89.2 Å². The van der Waals surface area contributed by atoms with Crippen LogP contribution in [0, 0.1) is 12.7 Å². The molecule has 0 saturated carbocycles. The minimum absolute atomic E-state index is 0.0135. The summed E-state index contributed by atoms with van der Waals surface area (Å²) in [5.41, 5.74) is 4.96. The molecule has 4 N–H and O–H groups in total. The quantitative estimate of drug-likeness (QED) is 0.452. The Kier molecular flexibility index (Phi) is 6.21. The number of halogens is 1. The summed E-state index contributed by atoms with van der Waals surface area (Å²) in [5.74, 6) is -2.26. The molecule has 0 radical (unpaired) electrons. The lowest BCUT2D eigenvalue weighted by molar-refractivity contribution is 0.0844. The summed E-state index contributed by atoms with van der Waals surface area (Å²) in [5, 5.41) is 9.70. The molecule has 160 valence electrons. The average molecular weight is 443 g/mol. The van der Waals surface area contributed by atoms with Crippen molar-refractivity contribution in [3.8, 4) is 5.75 Å². The molecule has 2 amide bonds. The number of carbonyl (C=O) groups excluding carboxylic acids is 2. The van der Waals surface area contributed by atoms with Crippen LogP contribution in [-0.4, -0.2) is 25.3 Å². The molecule has 0 aliphatic rings. The minimum atomic E-state index is -4.05. The standard InChI is InChI=1S/C21H18FN3O5S/c1-13-6-11-16(31(29,30)25-15-9-7-14(22)8-10-15)12-18(13)21(28)24-23-20(27)17-4-2-3-5-19(17)26/h2-12,25-26H,1H3,(H,23,27)(H,24,28). The smallest absolute Gasteiger partial charge is 0.273 e. The van der Waals surface area contributed by atoms with Gasteiger partial charge >= 0.3 is 0 Å². The third-order valence-electron chi connectivity index (χ3n) is 4.30. The van der Waals surface area contributed by atoms with Crippen LogP contribution < -0.4 is 15.6 Å². The van der Waals surface area contributed by atoms with Gasteiger partial charge in [0.15, 0.2) is 0 Å². The second kappa shape index (κ2) is 8.84. The van der Waals surface area contributed by atoms with Crippen molar-refractivity contribution in [1.29, 1.82) is 0 Å². The largest absolute Gasteiger partial charge is 0.507 e. The molecule has 10 heteroatoms.